The summed E-state index contributed by atoms with van der Waals surface area (Å²) in [6.45, 7) is 17.8. The van der Waals surface area contributed by atoms with Crippen LogP contribution in [0.3, 0.4) is 0 Å². The monoisotopic (exact) mass is 494 g/mol. The topological polar surface area (TPSA) is 0 Å². The summed E-state index contributed by atoms with van der Waals surface area (Å²) in [6, 6.07) is 13.6. The average molecular weight is 495 g/mol. The van der Waals surface area contributed by atoms with Crippen LogP contribution < -0.4 is 10.4 Å². The minimum absolute atomic E-state index is 0.0516. The molecule has 0 heterocycles. The molecule has 0 unspecified atom stereocenters. The second kappa shape index (κ2) is 8.65. The Kier molecular flexibility index (Phi) is 5.94. The van der Waals surface area contributed by atoms with E-state index >= 15 is 4.39 Å². The van der Waals surface area contributed by atoms with Crippen LogP contribution in [-0.2, 0) is 10.8 Å². The first-order valence-electron chi connectivity index (χ1n) is 13.1. The lowest BCUT2D eigenvalue weighted by atomic mass is 9.76. The van der Waals surface area contributed by atoms with Gasteiger partial charge in [0, 0.05) is 5.56 Å². The van der Waals surface area contributed by atoms with E-state index in [-0.39, 0.29) is 10.8 Å². The first-order valence-corrected chi connectivity index (χ1v) is 13.1. The van der Waals surface area contributed by atoms with E-state index in [1.165, 1.54) is 55.5 Å². The third kappa shape index (κ3) is 4.21. The van der Waals surface area contributed by atoms with Crippen LogP contribution in [0.4, 0.5) is 8.78 Å². The fourth-order valence-electron chi connectivity index (χ4n) is 5.81. The van der Waals surface area contributed by atoms with Crippen molar-refractivity contribution in [3.05, 3.63) is 105 Å². The maximum absolute atomic E-state index is 15.1. The number of halogens is 2. The molecule has 190 valence electrons. The molecule has 0 fully saturated rings. The van der Waals surface area contributed by atoms with Crippen LogP contribution in [0.15, 0.2) is 54.6 Å². The smallest absolute Gasteiger partial charge is 0.166 e. The van der Waals surface area contributed by atoms with Crippen molar-refractivity contribution >= 4 is 22.8 Å². The molecule has 2 heteroatoms. The summed E-state index contributed by atoms with van der Waals surface area (Å²) in [6.07, 6.45) is 7.03. The summed E-state index contributed by atoms with van der Waals surface area (Å²) < 4.78 is 29.4. The summed E-state index contributed by atoms with van der Waals surface area (Å²) in [5.74, 6) is -1.60. The highest BCUT2D eigenvalue weighted by Crippen LogP contribution is 2.41. The number of hydrogen-bond donors (Lipinski definition) is 0. The number of allylic oxidation sites excluding steroid dienone is 4. The summed E-state index contributed by atoms with van der Waals surface area (Å²) in [7, 11) is 0. The van der Waals surface area contributed by atoms with E-state index in [9.17, 15) is 4.39 Å². The third-order valence-electron chi connectivity index (χ3n) is 7.64. The van der Waals surface area contributed by atoms with Gasteiger partial charge >= 0.3 is 0 Å². The Morgan fingerprint density at radius 3 is 2.19 bits per heavy atom. The SMILES string of the molecule is CC(C)=c1cc2c(c(C3=C(c4cccc(F)c4F)C=CC3)c1C(C)(C)C)=Cc1cc(C(C)(C)C)ccc1-2. The van der Waals surface area contributed by atoms with Crippen molar-refractivity contribution < 1.29 is 8.78 Å². The zero-order valence-corrected chi connectivity index (χ0v) is 23.2. The van der Waals surface area contributed by atoms with Crippen LogP contribution in [0, 0.1) is 11.6 Å². The fraction of sp³-hybridized carbons (Fsp3) is 0.314. The van der Waals surface area contributed by atoms with Crippen molar-refractivity contribution in [1.29, 1.82) is 0 Å². The minimum Gasteiger partial charge on any atom is -0.204 e. The highest BCUT2D eigenvalue weighted by Gasteiger charge is 2.30. The first-order chi connectivity index (χ1) is 17.3. The maximum atomic E-state index is 15.1. The van der Waals surface area contributed by atoms with Crippen molar-refractivity contribution in [2.45, 2.75) is 72.6 Å². The molecule has 0 radical (unpaired) electrons. The second-order valence-corrected chi connectivity index (χ2v) is 12.7. The Morgan fingerprint density at radius 1 is 0.811 bits per heavy atom. The van der Waals surface area contributed by atoms with E-state index in [4.69, 9.17) is 0 Å². The lowest BCUT2D eigenvalue weighted by Gasteiger charge is -2.27. The van der Waals surface area contributed by atoms with Crippen molar-refractivity contribution in [3.63, 3.8) is 0 Å². The quantitative estimate of drug-likeness (QED) is 0.262. The van der Waals surface area contributed by atoms with Crippen LogP contribution in [0.25, 0.3) is 33.9 Å². The fourth-order valence-corrected chi connectivity index (χ4v) is 5.81. The summed E-state index contributed by atoms with van der Waals surface area (Å²) in [5.41, 5.74) is 10.7. The number of hydrogen-bond acceptors (Lipinski definition) is 0. The molecule has 2 aliphatic carbocycles. The van der Waals surface area contributed by atoms with Gasteiger partial charge in [0.15, 0.2) is 11.6 Å². The molecule has 5 rings (SSSR count). The third-order valence-corrected chi connectivity index (χ3v) is 7.64. The van der Waals surface area contributed by atoms with Crippen LogP contribution in [0.1, 0.15) is 89.6 Å². The number of benzene rings is 3. The molecule has 0 amide bonds. The van der Waals surface area contributed by atoms with Gasteiger partial charge in [-0.25, -0.2) is 8.78 Å². The van der Waals surface area contributed by atoms with Crippen LogP contribution in [0.5, 0.6) is 0 Å². The van der Waals surface area contributed by atoms with Gasteiger partial charge in [-0.1, -0.05) is 89.6 Å². The Bertz CT molecular complexity index is 1630. The maximum Gasteiger partial charge on any atom is 0.166 e. The lowest BCUT2D eigenvalue weighted by Crippen LogP contribution is -2.31. The van der Waals surface area contributed by atoms with E-state index in [1.807, 2.05) is 6.08 Å². The van der Waals surface area contributed by atoms with Crippen molar-refractivity contribution in [2.75, 3.05) is 0 Å². The Labute approximate surface area is 219 Å². The van der Waals surface area contributed by atoms with E-state index < -0.39 is 11.6 Å². The largest absolute Gasteiger partial charge is 0.204 e. The van der Waals surface area contributed by atoms with Crippen molar-refractivity contribution in [1.82, 2.24) is 0 Å². The van der Waals surface area contributed by atoms with Crippen molar-refractivity contribution in [3.8, 4) is 11.1 Å². The molecule has 0 nitrogen and oxygen atoms in total. The molecule has 0 aromatic heterocycles. The van der Waals surface area contributed by atoms with Gasteiger partial charge < -0.3 is 0 Å². The molecule has 3 aromatic carbocycles. The number of rotatable bonds is 2. The molecule has 0 bridgehead atoms. The average Bonchev–Trinajstić information content (AvgIpc) is 3.42. The predicted molar refractivity (Wildman–Crippen MR) is 154 cm³/mol. The predicted octanol–water partition coefficient (Wildman–Crippen LogP) is 8.43. The highest BCUT2D eigenvalue weighted by molar-refractivity contribution is 6.01. The van der Waals surface area contributed by atoms with Gasteiger partial charge in [-0.15, -0.1) is 0 Å². The molecule has 0 aliphatic heterocycles. The molecule has 0 saturated heterocycles. The summed E-state index contributed by atoms with van der Waals surface area (Å²) >= 11 is 0. The highest BCUT2D eigenvalue weighted by atomic mass is 19.2. The Balaban J connectivity index is 1.94. The zero-order chi connectivity index (χ0) is 26.9. The van der Waals surface area contributed by atoms with Crippen LogP contribution >= 0.6 is 0 Å². The van der Waals surface area contributed by atoms with Gasteiger partial charge in [-0.2, -0.15) is 0 Å². The molecular formula is C35H36F2. The molecule has 37 heavy (non-hydrogen) atoms. The van der Waals surface area contributed by atoms with Gasteiger partial charge in [0.05, 0.1) is 0 Å². The Hall–Kier alpha value is -3.26. The Morgan fingerprint density at radius 2 is 1.54 bits per heavy atom. The standard InChI is InChI=1S/C35H36F2/c1-20(2)27-19-28-23-16-15-22(34(3,4)5)17-21(23)18-29(28)31(32(27)35(6,7)8)25-12-9-11-24(25)26-13-10-14-30(36)33(26)37/h9-11,13-19H,12H2,1-8H3. The molecule has 2 aliphatic rings. The van der Waals surface area contributed by atoms with Gasteiger partial charge in [0.2, 0.25) is 0 Å². The first kappa shape index (κ1) is 25.4. The lowest BCUT2D eigenvalue weighted by molar-refractivity contribution is 0.506. The van der Waals surface area contributed by atoms with Crippen LogP contribution in [0.2, 0.25) is 0 Å². The minimum atomic E-state index is -0.814. The van der Waals surface area contributed by atoms with E-state index in [2.05, 4.69) is 91.8 Å². The van der Waals surface area contributed by atoms with E-state index in [0.29, 0.717) is 12.0 Å². The summed E-state index contributed by atoms with van der Waals surface area (Å²) in [5, 5.41) is 2.42. The molecule has 0 saturated carbocycles. The van der Waals surface area contributed by atoms with Gasteiger partial charge in [0.25, 0.3) is 0 Å². The van der Waals surface area contributed by atoms with Crippen LogP contribution in [-0.4, -0.2) is 0 Å². The number of fused-ring (bicyclic) bond motifs is 3. The zero-order valence-electron chi connectivity index (χ0n) is 23.2. The molecule has 3 aromatic rings. The van der Waals surface area contributed by atoms with E-state index in [0.717, 1.165) is 11.1 Å². The normalized spacial score (nSPS) is 14.6. The molecule has 0 atom stereocenters. The van der Waals surface area contributed by atoms with Gasteiger partial charge in [-0.3, -0.25) is 0 Å². The van der Waals surface area contributed by atoms with Gasteiger partial charge in [-0.05, 0) is 104 Å². The second-order valence-electron chi connectivity index (χ2n) is 12.7. The molecule has 0 N–H and O–H groups in total. The van der Waals surface area contributed by atoms with Gasteiger partial charge in [0.1, 0.15) is 0 Å². The van der Waals surface area contributed by atoms with Crippen molar-refractivity contribution in [2.24, 2.45) is 0 Å². The summed E-state index contributed by atoms with van der Waals surface area (Å²) in [4.78, 5) is 0. The van der Waals surface area contributed by atoms with E-state index in [1.54, 1.807) is 12.1 Å². The molecular weight excluding hydrogens is 458 g/mol. The molecule has 0 spiro atoms.